The van der Waals surface area contributed by atoms with Crippen LogP contribution in [0.5, 0.6) is 5.75 Å². The van der Waals surface area contributed by atoms with Gasteiger partial charge in [0.1, 0.15) is 11.6 Å². The molecule has 2 aromatic carbocycles. The smallest absolute Gasteiger partial charge is 0.246 e. The van der Waals surface area contributed by atoms with E-state index in [2.05, 4.69) is 15.5 Å². The summed E-state index contributed by atoms with van der Waals surface area (Å²) in [5.74, 6) is 1.29. The lowest BCUT2D eigenvalue weighted by molar-refractivity contribution is 0.340. The minimum Gasteiger partial charge on any atom is -0.494 e. The summed E-state index contributed by atoms with van der Waals surface area (Å²) in [6, 6.07) is 11.6. The van der Waals surface area contributed by atoms with Crippen LogP contribution >= 0.6 is 11.6 Å². The number of nitrogens with zero attached hydrogens (tertiary/aromatic N) is 2. The Bertz CT molecular complexity index is 821. The third-order valence-corrected chi connectivity index (χ3v) is 3.57. The molecule has 0 bridgehead atoms. The number of rotatable bonds is 6. The molecule has 7 heteroatoms. The van der Waals surface area contributed by atoms with E-state index in [-0.39, 0.29) is 12.4 Å². The average Bonchev–Trinajstić information content (AvgIpc) is 3.04. The van der Waals surface area contributed by atoms with Crippen LogP contribution in [0.25, 0.3) is 11.4 Å². The SMILES string of the molecule is CCOc1ccc(-c2noc(CNc3ccc(F)cc3Cl)n2)cc1. The van der Waals surface area contributed by atoms with E-state index in [1.165, 1.54) is 12.1 Å². The molecule has 0 aliphatic rings. The Morgan fingerprint density at radius 2 is 2.00 bits per heavy atom. The molecule has 0 atom stereocenters. The van der Waals surface area contributed by atoms with Crippen LogP contribution in [0.2, 0.25) is 5.02 Å². The molecule has 5 nitrogen and oxygen atoms in total. The molecule has 0 saturated heterocycles. The summed E-state index contributed by atoms with van der Waals surface area (Å²) in [5, 5.41) is 7.28. The fourth-order valence-corrected chi connectivity index (χ4v) is 2.35. The molecule has 0 unspecified atom stereocenters. The van der Waals surface area contributed by atoms with E-state index in [9.17, 15) is 4.39 Å². The summed E-state index contributed by atoms with van der Waals surface area (Å²) >= 11 is 5.96. The van der Waals surface area contributed by atoms with E-state index < -0.39 is 0 Å². The Balaban J connectivity index is 1.66. The predicted octanol–water partition coefficient (Wildman–Crippen LogP) is 4.54. The lowest BCUT2D eigenvalue weighted by atomic mass is 10.2. The van der Waals surface area contributed by atoms with Gasteiger partial charge < -0.3 is 14.6 Å². The molecule has 0 aliphatic heterocycles. The lowest BCUT2D eigenvalue weighted by Gasteiger charge is -2.05. The van der Waals surface area contributed by atoms with Gasteiger partial charge in [-0.25, -0.2) is 4.39 Å². The van der Waals surface area contributed by atoms with Gasteiger partial charge >= 0.3 is 0 Å². The first-order valence-corrected chi connectivity index (χ1v) is 7.78. The first kappa shape index (κ1) is 16.3. The van der Waals surface area contributed by atoms with Crippen LogP contribution in [0.1, 0.15) is 12.8 Å². The maximum Gasteiger partial charge on any atom is 0.246 e. The first-order chi connectivity index (χ1) is 11.7. The first-order valence-electron chi connectivity index (χ1n) is 7.40. The highest BCUT2D eigenvalue weighted by molar-refractivity contribution is 6.33. The second-order valence-corrected chi connectivity index (χ2v) is 5.35. The van der Waals surface area contributed by atoms with Crippen LogP contribution in [0, 0.1) is 5.82 Å². The van der Waals surface area contributed by atoms with Crippen LogP contribution in [0.3, 0.4) is 0 Å². The Hall–Kier alpha value is -2.60. The molecule has 1 N–H and O–H groups in total. The van der Waals surface area contributed by atoms with Gasteiger partial charge in [-0.05, 0) is 49.4 Å². The predicted molar refractivity (Wildman–Crippen MR) is 89.6 cm³/mol. The monoisotopic (exact) mass is 347 g/mol. The van der Waals surface area contributed by atoms with Gasteiger partial charge in [-0.2, -0.15) is 4.98 Å². The van der Waals surface area contributed by atoms with Crippen LogP contribution in [0.4, 0.5) is 10.1 Å². The summed E-state index contributed by atoms with van der Waals surface area (Å²) in [6.45, 7) is 2.83. The Morgan fingerprint density at radius 3 is 2.71 bits per heavy atom. The van der Waals surface area contributed by atoms with Crippen molar-refractivity contribution in [3.63, 3.8) is 0 Å². The third kappa shape index (κ3) is 3.83. The minimum absolute atomic E-state index is 0.287. The number of ether oxygens (including phenoxy) is 1. The van der Waals surface area contributed by atoms with Crippen molar-refractivity contribution in [2.75, 3.05) is 11.9 Å². The van der Waals surface area contributed by atoms with Gasteiger partial charge in [0.05, 0.1) is 23.9 Å². The molecule has 0 radical (unpaired) electrons. The van der Waals surface area contributed by atoms with E-state index in [1.807, 2.05) is 31.2 Å². The summed E-state index contributed by atoms with van der Waals surface area (Å²) in [6.07, 6.45) is 0. The number of benzene rings is 2. The zero-order chi connectivity index (χ0) is 16.9. The topological polar surface area (TPSA) is 60.2 Å². The van der Waals surface area contributed by atoms with Crippen LogP contribution in [-0.2, 0) is 6.54 Å². The normalized spacial score (nSPS) is 10.6. The zero-order valence-electron chi connectivity index (χ0n) is 12.9. The second kappa shape index (κ2) is 7.31. The molecular formula is C17H15ClFN3O2. The van der Waals surface area contributed by atoms with Gasteiger partial charge in [-0.1, -0.05) is 16.8 Å². The summed E-state index contributed by atoms with van der Waals surface area (Å²) in [4.78, 5) is 4.32. The van der Waals surface area contributed by atoms with Crippen molar-refractivity contribution in [2.24, 2.45) is 0 Å². The molecule has 0 saturated carbocycles. The van der Waals surface area contributed by atoms with Gasteiger partial charge in [-0.3, -0.25) is 0 Å². The Morgan fingerprint density at radius 1 is 1.21 bits per heavy atom. The van der Waals surface area contributed by atoms with Crippen molar-refractivity contribution < 1.29 is 13.7 Å². The number of hydrogen-bond donors (Lipinski definition) is 1. The van der Waals surface area contributed by atoms with Crippen molar-refractivity contribution in [3.05, 3.63) is 59.2 Å². The molecule has 0 aliphatic carbocycles. The van der Waals surface area contributed by atoms with E-state index >= 15 is 0 Å². The number of nitrogens with one attached hydrogen (secondary N) is 1. The van der Waals surface area contributed by atoms with E-state index in [0.29, 0.717) is 29.0 Å². The largest absolute Gasteiger partial charge is 0.494 e. The zero-order valence-corrected chi connectivity index (χ0v) is 13.7. The highest BCUT2D eigenvalue weighted by atomic mass is 35.5. The molecule has 0 spiro atoms. The fraction of sp³-hybridized carbons (Fsp3) is 0.176. The average molecular weight is 348 g/mol. The lowest BCUT2D eigenvalue weighted by Crippen LogP contribution is -2.00. The van der Waals surface area contributed by atoms with Gasteiger partial charge in [0, 0.05) is 5.56 Å². The second-order valence-electron chi connectivity index (χ2n) is 4.95. The summed E-state index contributed by atoms with van der Waals surface area (Å²) in [5.41, 5.74) is 1.42. The van der Waals surface area contributed by atoms with Crippen LogP contribution in [0.15, 0.2) is 47.0 Å². The number of hydrogen-bond acceptors (Lipinski definition) is 5. The maximum absolute atomic E-state index is 13.0. The maximum atomic E-state index is 13.0. The van der Waals surface area contributed by atoms with E-state index in [1.54, 1.807) is 6.07 Å². The molecule has 3 aromatic rings. The quantitative estimate of drug-likeness (QED) is 0.709. The molecule has 1 aromatic heterocycles. The van der Waals surface area contributed by atoms with Crippen molar-refractivity contribution in [2.45, 2.75) is 13.5 Å². The molecular weight excluding hydrogens is 333 g/mol. The van der Waals surface area contributed by atoms with Crippen molar-refractivity contribution in [1.82, 2.24) is 10.1 Å². The fourth-order valence-electron chi connectivity index (χ4n) is 2.11. The van der Waals surface area contributed by atoms with E-state index in [4.69, 9.17) is 20.9 Å². The van der Waals surface area contributed by atoms with Crippen molar-refractivity contribution in [3.8, 4) is 17.1 Å². The third-order valence-electron chi connectivity index (χ3n) is 3.25. The number of aromatic nitrogens is 2. The van der Waals surface area contributed by atoms with Crippen LogP contribution in [-0.4, -0.2) is 16.7 Å². The van der Waals surface area contributed by atoms with Gasteiger partial charge in [0.2, 0.25) is 11.7 Å². The Labute approximate surface area is 143 Å². The Kier molecular flexibility index (Phi) is 4.96. The molecule has 0 amide bonds. The highest BCUT2D eigenvalue weighted by Gasteiger charge is 2.09. The molecule has 0 fully saturated rings. The summed E-state index contributed by atoms with van der Waals surface area (Å²) < 4.78 is 23.6. The number of anilines is 1. The number of halogens is 2. The van der Waals surface area contributed by atoms with Crippen molar-refractivity contribution in [1.29, 1.82) is 0 Å². The van der Waals surface area contributed by atoms with Crippen LogP contribution < -0.4 is 10.1 Å². The highest BCUT2D eigenvalue weighted by Crippen LogP contribution is 2.24. The molecule has 24 heavy (non-hydrogen) atoms. The van der Waals surface area contributed by atoms with Gasteiger partial charge in [-0.15, -0.1) is 0 Å². The van der Waals surface area contributed by atoms with Gasteiger partial charge in [0.25, 0.3) is 0 Å². The summed E-state index contributed by atoms with van der Waals surface area (Å²) in [7, 11) is 0. The molecule has 3 rings (SSSR count). The van der Waals surface area contributed by atoms with Gasteiger partial charge in [0.15, 0.2) is 0 Å². The van der Waals surface area contributed by atoms with Crippen molar-refractivity contribution >= 4 is 17.3 Å². The standard InChI is InChI=1S/C17H15ClFN3O2/c1-2-23-13-6-3-11(4-7-13)17-21-16(24-22-17)10-20-15-8-5-12(19)9-14(15)18/h3-9,20H,2,10H2,1H3. The molecule has 124 valence electrons. The molecule has 1 heterocycles. The minimum atomic E-state index is -0.388. The van der Waals surface area contributed by atoms with E-state index in [0.717, 1.165) is 11.3 Å².